The Morgan fingerprint density at radius 2 is 1.71 bits per heavy atom. The second kappa shape index (κ2) is 11.2. The fourth-order valence-corrected chi connectivity index (χ4v) is 5.16. The Balaban J connectivity index is 1.59. The number of aliphatic hydroxyl groups excluding tert-OH is 1. The molecular weight excluding hydrogens is 514 g/mol. The molecule has 1 aliphatic heterocycles. The lowest BCUT2D eigenvalue weighted by atomic mass is 9.85. The van der Waals surface area contributed by atoms with Gasteiger partial charge in [0.1, 0.15) is 11.5 Å². The Morgan fingerprint density at radius 1 is 1.00 bits per heavy atom. The smallest absolute Gasteiger partial charge is 0.302 e. The van der Waals surface area contributed by atoms with Gasteiger partial charge < -0.3 is 14.8 Å². The summed E-state index contributed by atoms with van der Waals surface area (Å²) >= 11 is 0. The first-order valence-electron chi connectivity index (χ1n) is 14.2. The average Bonchev–Trinajstić information content (AvgIpc) is 3.48. The number of hydrogen-bond acceptors (Lipinski definition) is 5. The van der Waals surface area contributed by atoms with Crippen molar-refractivity contribution in [2.45, 2.75) is 65.3 Å². The van der Waals surface area contributed by atoms with Crippen molar-refractivity contribution in [3.8, 4) is 5.75 Å². The molecule has 212 valence electrons. The molecular formula is C34H37N3O4. The number of aromatic amines is 1. The van der Waals surface area contributed by atoms with E-state index < -0.39 is 17.7 Å². The third kappa shape index (κ3) is 5.62. The first-order valence-corrected chi connectivity index (χ1v) is 14.2. The highest BCUT2D eigenvalue weighted by Gasteiger charge is 2.48. The fraction of sp³-hybridized carbons (Fsp3) is 0.324. The summed E-state index contributed by atoms with van der Waals surface area (Å²) in [7, 11) is 0. The van der Waals surface area contributed by atoms with Crippen molar-refractivity contribution >= 4 is 34.4 Å². The number of ketones is 1. The standard InChI is InChI=1S/C34H37N3O4/c1-6-7-8-19-41-25-16-12-23(13-17-25)30(38)28-29(22-10-14-24(15-11-22)34(3,4)5)37(32(40)31(28)39)33-35-26-18-9-21(2)20-27(26)36-33/h9-18,20,29,38H,6-8,19H2,1-5H3,(H,35,36)/b30-28+. The van der Waals surface area contributed by atoms with Crippen molar-refractivity contribution < 1.29 is 19.4 Å². The lowest BCUT2D eigenvalue weighted by Crippen LogP contribution is -2.30. The number of H-pyrrole nitrogens is 1. The molecule has 0 bridgehead atoms. The van der Waals surface area contributed by atoms with Crippen molar-refractivity contribution in [3.05, 3.63) is 94.6 Å². The van der Waals surface area contributed by atoms with Crippen LogP contribution in [0.3, 0.4) is 0 Å². The maximum atomic E-state index is 13.6. The average molecular weight is 552 g/mol. The second-order valence-corrected chi connectivity index (χ2v) is 11.7. The number of aliphatic hydroxyl groups is 1. The van der Waals surface area contributed by atoms with E-state index in [-0.39, 0.29) is 22.7 Å². The Hall–Kier alpha value is -4.39. The van der Waals surface area contributed by atoms with Gasteiger partial charge in [-0.25, -0.2) is 4.98 Å². The highest BCUT2D eigenvalue weighted by Crippen LogP contribution is 2.42. The van der Waals surface area contributed by atoms with Crippen LogP contribution in [0.4, 0.5) is 5.95 Å². The zero-order valence-electron chi connectivity index (χ0n) is 24.3. The number of ether oxygens (including phenoxy) is 1. The van der Waals surface area contributed by atoms with Gasteiger partial charge in [-0.05, 0) is 71.8 Å². The summed E-state index contributed by atoms with van der Waals surface area (Å²) in [4.78, 5) is 36.4. The number of unbranched alkanes of at least 4 members (excludes halogenated alkanes) is 2. The summed E-state index contributed by atoms with van der Waals surface area (Å²) in [6, 6.07) is 19.7. The van der Waals surface area contributed by atoms with Gasteiger partial charge in [-0.3, -0.25) is 14.5 Å². The molecule has 1 unspecified atom stereocenters. The van der Waals surface area contributed by atoms with E-state index in [9.17, 15) is 14.7 Å². The van der Waals surface area contributed by atoms with Crippen molar-refractivity contribution in [2.75, 3.05) is 11.5 Å². The summed E-state index contributed by atoms with van der Waals surface area (Å²) in [5, 5.41) is 11.5. The molecule has 2 N–H and O–H groups in total. The molecule has 1 fully saturated rings. The van der Waals surface area contributed by atoms with Crippen LogP contribution in [0.5, 0.6) is 5.75 Å². The molecule has 1 aromatic heterocycles. The molecule has 0 spiro atoms. The van der Waals surface area contributed by atoms with Crippen LogP contribution in [0.15, 0.2) is 72.3 Å². The van der Waals surface area contributed by atoms with E-state index in [1.165, 1.54) is 4.90 Å². The molecule has 41 heavy (non-hydrogen) atoms. The van der Waals surface area contributed by atoms with Gasteiger partial charge in [0.05, 0.1) is 29.3 Å². The molecule has 0 radical (unpaired) electrons. The summed E-state index contributed by atoms with van der Waals surface area (Å²) in [6.45, 7) is 11.1. The minimum absolute atomic E-state index is 0.0201. The zero-order valence-corrected chi connectivity index (χ0v) is 24.3. The molecule has 5 rings (SSSR count). The van der Waals surface area contributed by atoms with Gasteiger partial charge in [-0.15, -0.1) is 0 Å². The molecule has 7 heteroatoms. The minimum Gasteiger partial charge on any atom is -0.507 e. The number of rotatable bonds is 8. The Morgan fingerprint density at radius 3 is 2.37 bits per heavy atom. The van der Waals surface area contributed by atoms with Crippen molar-refractivity contribution in [2.24, 2.45) is 0 Å². The number of aryl methyl sites for hydroxylation is 1. The molecule has 4 aromatic rings. The molecule has 7 nitrogen and oxygen atoms in total. The number of amides is 1. The molecule has 1 aliphatic rings. The van der Waals surface area contributed by atoms with E-state index >= 15 is 0 Å². The van der Waals surface area contributed by atoms with Gasteiger partial charge in [0, 0.05) is 5.56 Å². The zero-order chi connectivity index (χ0) is 29.3. The number of nitrogens with one attached hydrogen (secondary N) is 1. The van der Waals surface area contributed by atoms with Crippen molar-refractivity contribution in [1.29, 1.82) is 0 Å². The number of carbonyl (C=O) groups is 2. The first kappa shape index (κ1) is 28.1. The Labute approximate surface area is 240 Å². The molecule has 1 atom stereocenters. The predicted molar refractivity (Wildman–Crippen MR) is 162 cm³/mol. The maximum absolute atomic E-state index is 13.6. The van der Waals surface area contributed by atoms with Crippen LogP contribution < -0.4 is 9.64 Å². The van der Waals surface area contributed by atoms with Gasteiger partial charge in [0.15, 0.2) is 0 Å². The van der Waals surface area contributed by atoms with Crippen LogP contribution in [-0.4, -0.2) is 33.4 Å². The first-order chi connectivity index (χ1) is 19.6. The van der Waals surface area contributed by atoms with E-state index in [1.54, 1.807) is 24.3 Å². The van der Waals surface area contributed by atoms with Crippen LogP contribution in [0.1, 0.15) is 75.3 Å². The van der Waals surface area contributed by atoms with E-state index in [0.29, 0.717) is 29.0 Å². The lowest BCUT2D eigenvalue weighted by molar-refractivity contribution is -0.132. The number of aromatic nitrogens is 2. The van der Waals surface area contributed by atoms with Gasteiger partial charge in [-0.1, -0.05) is 70.9 Å². The third-order valence-electron chi connectivity index (χ3n) is 7.53. The summed E-state index contributed by atoms with van der Waals surface area (Å²) in [5.74, 6) is -0.801. The molecule has 2 heterocycles. The summed E-state index contributed by atoms with van der Waals surface area (Å²) in [6.07, 6.45) is 3.18. The van der Waals surface area contributed by atoms with Crippen LogP contribution in [0, 0.1) is 6.92 Å². The Bertz CT molecular complexity index is 1610. The highest BCUT2D eigenvalue weighted by atomic mass is 16.5. The van der Waals surface area contributed by atoms with Gasteiger partial charge in [0.2, 0.25) is 5.95 Å². The third-order valence-corrected chi connectivity index (χ3v) is 7.53. The quantitative estimate of drug-likeness (QED) is 0.103. The lowest BCUT2D eigenvalue weighted by Gasteiger charge is -2.25. The molecule has 1 amide bonds. The largest absolute Gasteiger partial charge is 0.507 e. The fourth-order valence-electron chi connectivity index (χ4n) is 5.16. The number of hydrogen-bond donors (Lipinski definition) is 2. The number of anilines is 1. The number of fused-ring (bicyclic) bond motifs is 1. The molecule has 3 aromatic carbocycles. The van der Waals surface area contributed by atoms with E-state index in [4.69, 9.17) is 4.74 Å². The number of benzene rings is 3. The summed E-state index contributed by atoms with van der Waals surface area (Å²) in [5.41, 5.74) is 4.69. The van der Waals surface area contributed by atoms with Gasteiger partial charge in [0.25, 0.3) is 5.78 Å². The molecule has 0 aliphatic carbocycles. The number of Topliss-reactive ketones (excluding diaryl/α,β-unsaturated/α-hetero) is 1. The second-order valence-electron chi connectivity index (χ2n) is 11.7. The van der Waals surface area contributed by atoms with Crippen molar-refractivity contribution in [3.63, 3.8) is 0 Å². The van der Waals surface area contributed by atoms with E-state index in [0.717, 1.165) is 35.9 Å². The predicted octanol–water partition coefficient (Wildman–Crippen LogP) is 7.36. The maximum Gasteiger partial charge on any atom is 0.302 e. The molecule has 0 saturated carbocycles. The van der Waals surface area contributed by atoms with Crippen LogP contribution >= 0.6 is 0 Å². The van der Waals surface area contributed by atoms with Crippen LogP contribution in [0.2, 0.25) is 0 Å². The number of carbonyl (C=O) groups excluding carboxylic acids is 2. The number of imidazole rings is 1. The van der Waals surface area contributed by atoms with E-state index in [2.05, 4.69) is 37.7 Å². The minimum atomic E-state index is -0.865. The van der Waals surface area contributed by atoms with Crippen molar-refractivity contribution in [1.82, 2.24) is 9.97 Å². The SMILES string of the molecule is CCCCCOc1ccc(/C(O)=C2\C(=O)C(=O)N(c3nc4ccc(C)cc4[nH]3)C2c2ccc(C(C)(C)C)cc2)cc1. The topological polar surface area (TPSA) is 95.5 Å². The van der Waals surface area contributed by atoms with Crippen LogP contribution in [0.25, 0.3) is 16.8 Å². The number of nitrogens with zero attached hydrogens (tertiary/aromatic N) is 2. The van der Waals surface area contributed by atoms with Gasteiger partial charge in [-0.2, -0.15) is 0 Å². The highest BCUT2D eigenvalue weighted by molar-refractivity contribution is 6.51. The van der Waals surface area contributed by atoms with E-state index in [1.807, 2.05) is 49.4 Å². The monoisotopic (exact) mass is 551 g/mol. The molecule has 1 saturated heterocycles. The van der Waals surface area contributed by atoms with Crippen LogP contribution in [-0.2, 0) is 15.0 Å². The summed E-state index contributed by atoms with van der Waals surface area (Å²) < 4.78 is 5.81. The van der Waals surface area contributed by atoms with Gasteiger partial charge >= 0.3 is 5.91 Å². The Kier molecular flexibility index (Phi) is 7.72. The normalized spacial score (nSPS) is 17.0.